The van der Waals surface area contributed by atoms with Crippen molar-refractivity contribution < 1.29 is 9.72 Å². The smallest absolute Gasteiger partial charge is 0.273 e. The van der Waals surface area contributed by atoms with Crippen LogP contribution in [0.3, 0.4) is 0 Å². The fraction of sp³-hybridized carbons (Fsp3) is 0.500. The molecule has 0 spiro atoms. The molecule has 1 saturated carbocycles. The highest BCUT2D eigenvalue weighted by atomic mass is 16.6. The van der Waals surface area contributed by atoms with Gasteiger partial charge in [-0.25, -0.2) is 0 Å². The van der Waals surface area contributed by atoms with E-state index in [0.717, 1.165) is 25.7 Å². The molecule has 0 bridgehead atoms. The van der Waals surface area contributed by atoms with E-state index in [1.165, 1.54) is 12.5 Å². The Morgan fingerprint density at radius 2 is 2.00 bits per heavy atom. The standard InChI is InChI=1S/C14H18N2O3/c1-10-12(8-5-9-13(10)16(18)19)14(17)15-11-6-3-2-4-7-11/h5,8-9,11H,2-4,6-7H2,1H3,(H,15,17). The second-order valence-corrected chi connectivity index (χ2v) is 5.02. The van der Waals surface area contributed by atoms with Crippen molar-refractivity contribution in [1.29, 1.82) is 0 Å². The third-order valence-electron chi connectivity index (χ3n) is 3.69. The third kappa shape index (κ3) is 3.10. The van der Waals surface area contributed by atoms with Crippen molar-refractivity contribution in [1.82, 2.24) is 5.32 Å². The lowest BCUT2D eigenvalue weighted by Gasteiger charge is -2.23. The lowest BCUT2D eigenvalue weighted by molar-refractivity contribution is -0.385. The normalized spacial score (nSPS) is 16.1. The Morgan fingerprint density at radius 1 is 1.32 bits per heavy atom. The first-order valence-corrected chi connectivity index (χ1v) is 6.64. The summed E-state index contributed by atoms with van der Waals surface area (Å²) in [6, 6.07) is 4.83. The molecular formula is C14H18N2O3. The number of nitro groups is 1. The second-order valence-electron chi connectivity index (χ2n) is 5.02. The van der Waals surface area contributed by atoms with Gasteiger partial charge in [-0.15, -0.1) is 0 Å². The molecule has 0 radical (unpaired) electrons. The number of hydrogen-bond acceptors (Lipinski definition) is 3. The van der Waals surface area contributed by atoms with Crippen LogP contribution in [-0.4, -0.2) is 16.9 Å². The Balaban J connectivity index is 2.14. The molecule has 1 aromatic rings. The number of rotatable bonds is 3. The van der Waals surface area contributed by atoms with Crippen LogP contribution in [0.4, 0.5) is 5.69 Å². The minimum Gasteiger partial charge on any atom is -0.349 e. The topological polar surface area (TPSA) is 72.2 Å². The minimum atomic E-state index is -0.452. The number of nitrogens with one attached hydrogen (secondary N) is 1. The van der Waals surface area contributed by atoms with Crippen LogP contribution >= 0.6 is 0 Å². The van der Waals surface area contributed by atoms with Crippen LogP contribution < -0.4 is 5.32 Å². The summed E-state index contributed by atoms with van der Waals surface area (Å²) >= 11 is 0. The third-order valence-corrected chi connectivity index (χ3v) is 3.69. The first-order chi connectivity index (χ1) is 9.09. The maximum atomic E-state index is 12.2. The SMILES string of the molecule is Cc1c(C(=O)NC2CCCCC2)cccc1[N+](=O)[O-]. The zero-order valence-electron chi connectivity index (χ0n) is 11.0. The quantitative estimate of drug-likeness (QED) is 0.672. The number of amides is 1. The van der Waals surface area contributed by atoms with E-state index >= 15 is 0 Å². The first-order valence-electron chi connectivity index (χ1n) is 6.64. The monoisotopic (exact) mass is 262 g/mol. The number of hydrogen-bond donors (Lipinski definition) is 1. The summed E-state index contributed by atoms with van der Waals surface area (Å²) in [6.45, 7) is 1.62. The van der Waals surface area contributed by atoms with Crippen LogP contribution in [0.25, 0.3) is 0 Å². The maximum absolute atomic E-state index is 12.2. The highest BCUT2D eigenvalue weighted by molar-refractivity contribution is 5.96. The molecule has 0 unspecified atom stereocenters. The molecule has 5 nitrogen and oxygen atoms in total. The van der Waals surface area contributed by atoms with Crippen LogP contribution in [0.2, 0.25) is 0 Å². The van der Waals surface area contributed by atoms with Gasteiger partial charge < -0.3 is 5.32 Å². The highest BCUT2D eigenvalue weighted by Gasteiger charge is 2.21. The molecule has 102 valence electrons. The van der Waals surface area contributed by atoms with Crippen molar-refractivity contribution in [3.05, 3.63) is 39.4 Å². The van der Waals surface area contributed by atoms with Crippen molar-refractivity contribution in [3.8, 4) is 0 Å². The van der Waals surface area contributed by atoms with Gasteiger partial charge in [0, 0.05) is 23.2 Å². The van der Waals surface area contributed by atoms with Crippen molar-refractivity contribution >= 4 is 11.6 Å². The number of nitrogens with zero attached hydrogens (tertiary/aromatic N) is 1. The van der Waals surface area contributed by atoms with E-state index in [4.69, 9.17) is 0 Å². The van der Waals surface area contributed by atoms with E-state index < -0.39 is 4.92 Å². The fourth-order valence-electron chi connectivity index (χ4n) is 2.58. The van der Waals surface area contributed by atoms with E-state index in [-0.39, 0.29) is 17.6 Å². The summed E-state index contributed by atoms with van der Waals surface area (Å²) in [7, 11) is 0. The number of nitro benzene ring substituents is 1. The van der Waals surface area contributed by atoms with Crippen LogP contribution in [-0.2, 0) is 0 Å². The highest BCUT2D eigenvalue weighted by Crippen LogP contribution is 2.22. The van der Waals surface area contributed by atoms with Gasteiger partial charge in [0.15, 0.2) is 0 Å². The lowest BCUT2D eigenvalue weighted by Crippen LogP contribution is -2.36. The molecule has 1 aliphatic rings. The van der Waals surface area contributed by atoms with Gasteiger partial charge in [-0.2, -0.15) is 0 Å². The first kappa shape index (κ1) is 13.5. The molecule has 0 atom stereocenters. The van der Waals surface area contributed by atoms with Gasteiger partial charge >= 0.3 is 0 Å². The second kappa shape index (κ2) is 5.82. The van der Waals surface area contributed by atoms with E-state index in [0.29, 0.717) is 11.1 Å². The summed E-state index contributed by atoms with van der Waals surface area (Å²) in [5, 5.41) is 13.8. The summed E-state index contributed by atoms with van der Waals surface area (Å²) in [5.74, 6) is -0.201. The Morgan fingerprint density at radius 3 is 2.63 bits per heavy atom. The predicted octanol–water partition coefficient (Wildman–Crippen LogP) is 2.97. The molecular weight excluding hydrogens is 244 g/mol. The maximum Gasteiger partial charge on any atom is 0.273 e. The summed E-state index contributed by atoms with van der Waals surface area (Å²) < 4.78 is 0. The molecule has 0 saturated heterocycles. The number of carbonyl (C=O) groups is 1. The van der Waals surface area contributed by atoms with Crippen LogP contribution in [0.1, 0.15) is 48.0 Å². The largest absolute Gasteiger partial charge is 0.349 e. The molecule has 1 fully saturated rings. The molecule has 1 aliphatic carbocycles. The molecule has 1 aromatic carbocycles. The van der Waals surface area contributed by atoms with Gasteiger partial charge in [-0.1, -0.05) is 25.3 Å². The Bertz CT molecular complexity index is 493. The molecule has 0 aromatic heterocycles. The van der Waals surface area contributed by atoms with Gasteiger partial charge in [0.2, 0.25) is 0 Å². The van der Waals surface area contributed by atoms with Gasteiger partial charge in [0.25, 0.3) is 11.6 Å². The van der Waals surface area contributed by atoms with Gasteiger partial charge in [0.1, 0.15) is 0 Å². The zero-order chi connectivity index (χ0) is 13.8. The van der Waals surface area contributed by atoms with E-state index in [9.17, 15) is 14.9 Å². The van der Waals surface area contributed by atoms with E-state index in [1.54, 1.807) is 19.1 Å². The van der Waals surface area contributed by atoms with Gasteiger partial charge in [0.05, 0.1) is 4.92 Å². The molecule has 19 heavy (non-hydrogen) atoms. The lowest BCUT2D eigenvalue weighted by atomic mass is 9.95. The summed E-state index contributed by atoms with van der Waals surface area (Å²) in [6.07, 6.45) is 5.50. The van der Waals surface area contributed by atoms with Gasteiger partial charge in [-0.05, 0) is 25.8 Å². The van der Waals surface area contributed by atoms with E-state index in [1.807, 2.05) is 0 Å². The molecule has 5 heteroatoms. The average Bonchev–Trinajstić information content (AvgIpc) is 2.39. The summed E-state index contributed by atoms with van der Waals surface area (Å²) in [4.78, 5) is 22.6. The van der Waals surface area contributed by atoms with Crippen LogP contribution in [0.15, 0.2) is 18.2 Å². The number of carbonyl (C=O) groups excluding carboxylic acids is 1. The Kier molecular flexibility index (Phi) is 4.14. The minimum absolute atomic E-state index is 0.00343. The van der Waals surface area contributed by atoms with Crippen molar-refractivity contribution in [2.24, 2.45) is 0 Å². The fourth-order valence-corrected chi connectivity index (χ4v) is 2.58. The van der Waals surface area contributed by atoms with Crippen LogP contribution in [0, 0.1) is 17.0 Å². The molecule has 1 amide bonds. The summed E-state index contributed by atoms with van der Waals surface area (Å²) in [5.41, 5.74) is 0.830. The molecule has 0 heterocycles. The molecule has 2 rings (SSSR count). The Hall–Kier alpha value is -1.91. The van der Waals surface area contributed by atoms with E-state index in [2.05, 4.69) is 5.32 Å². The average molecular weight is 262 g/mol. The zero-order valence-corrected chi connectivity index (χ0v) is 11.0. The molecule has 1 N–H and O–H groups in total. The number of benzene rings is 1. The van der Waals surface area contributed by atoms with Crippen molar-refractivity contribution in [2.45, 2.75) is 45.1 Å². The van der Waals surface area contributed by atoms with Crippen molar-refractivity contribution in [2.75, 3.05) is 0 Å². The molecule has 0 aliphatic heterocycles. The van der Waals surface area contributed by atoms with Crippen LogP contribution in [0.5, 0.6) is 0 Å². The van der Waals surface area contributed by atoms with Crippen molar-refractivity contribution in [3.63, 3.8) is 0 Å². The van der Waals surface area contributed by atoms with Gasteiger partial charge in [-0.3, -0.25) is 14.9 Å². The Labute approximate surface area is 112 Å². The predicted molar refractivity (Wildman–Crippen MR) is 72.2 cm³/mol.